The molecule has 10 nitrogen and oxygen atoms in total. The van der Waals surface area contributed by atoms with E-state index in [1.54, 1.807) is 4.90 Å². The molecule has 2 heterocycles. The van der Waals surface area contributed by atoms with Crippen LogP contribution in [0.1, 0.15) is 39.5 Å². The molecule has 2 aromatic rings. The Hall–Kier alpha value is -3.30. The summed E-state index contributed by atoms with van der Waals surface area (Å²) in [5, 5.41) is 14.5. The summed E-state index contributed by atoms with van der Waals surface area (Å²) in [7, 11) is 0. The summed E-state index contributed by atoms with van der Waals surface area (Å²) in [6.07, 6.45) is 1.11. The summed E-state index contributed by atoms with van der Waals surface area (Å²) in [6, 6.07) is 5.74. The van der Waals surface area contributed by atoms with Crippen LogP contribution >= 0.6 is 0 Å². The Morgan fingerprint density at radius 2 is 1.87 bits per heavy atom. The highest BCUT2D eigenvalue weighted by molar-refractivity contribution is 5.82. The van der Waals surface area contributed by atoms with Gasteiger partial charge >= 0.3 is 5.97 Å². The van der Waals surface area contributed by atoms with Crippen LogP contribution in [0.15, 0.2) is 28.8 Å². The maximum absolute atomic E-state index is 12.3. The first-order valence-electron chi connectivity index (χ1n) is 9.68. The fourth-order valence-electron chi connectivity index (χ4n) is 3.21. The molecule has 1 fully saturated rings. The average molecular weight is 416 g/mol. The van der Waals surface area contributed by atoms with Gasteiger partial charge in [0.05, 0.1) is 10.8 Å². The number of esters is 1. The fraction of sp³-hybridized carbons (Fsp3) is 0.500. The van der Waals surface area contributed by atoms with Gasteiger partial charge < -0.3 is 14.2 Å². The molecule has 0 spiro atoms. The molecular weight excluding hydrogens is 392 g/mol. The van der Waals surface area contributed by atoms with Crippen molar-refractivity contribution in [3.63, 3.8) is 0 Å². The molecule has 0 bridgehead atoms. The van der Waals surface area contributed by atoms with Crippen LogP contribution in [-0.2, 0) is 20.9 Å². The number of likely N-dealkylation sites (tertiary alicyclic amines) is 1. The van der Waals surface area contributed by atoms with Gasteiger partial charge in [0.2, 0.25) is 11.7 Å². The third-order valence-electron chi connectivity index (χ3n) is 4.90. The summed E-state index contributed by atoms with van der Waals surface area (Å²) < 4.78 is 10.4. The number of nitro benzene ring substituents is 1. The zero-order valence-electron chi connectivity index (χ0n) is 17.2. The van der Waals surface area contributed by atoms with E-state index in [9.17, 15) is 19.7 Å². The van der Waals surface area contributed by atoms with Crippen LogP contribution in [0.25, 0.3) is 11.4 Å². The van der Waals surface area contributed by atoms with E-state index < -0.39 is 10.3 Å². The molecule has 3 rings (SSSR count). The predicted octanol–water partition coefficient (Wildman–Crippen LogP) is 2.97. The summed E-state index contributed by atoms with van der Waals surface area (Å²) in [4.78, 5) is 40.8. The normalized spacial score (nSPS) is 15.1. The van der Waals surface area contributed by atoms with E-state index in [1.807, 2.05) is 20.8 Å². The Balaban J connectivity index is 1.50. The van der Waals surface area contributed by atoms with E-state index in [0.717, 1.165) is 0 Å². The summed E-state index contributed by atoms with van der Waals surface area (Å²) >= 11 is 0. The Labute approximate surface area is 173 Å². The van der Waals surface area contributed by atoms with Crippen LogP contribution in [0, 0.1) is 21.4 Å². The monoisotopic (exact) mass is 416 g/mol. The van der Waals surface area contributed by atoms with Crippen molar-refractivity contribution in [3.05, 3.63) is 40.3 Å². The number of ether oxygens (including phenoxy) is 1. The Bertz CT molecular complexity index is 924. The van der Waals surface area contributed by atoms with E-state index >= 15 is 0 Å². The van der Waals surface area contributed by atoms with Gasteiger partial charge in [-0.2, -0.15) is 4.98 Å². The number of benzene rings is 1. The van der Waals surface area contributed by atoms with Gasteiger partial charge in [0.15, 0.2) is 6.61 Å². The molecule has 1 aliphatic rings. The topological polar surface area (TPSA) is 129 Å². The average Bonchev–Trinajstić information content (AvgIpc) is 3.20. The molecule has 0 aliphatic carbocycles. The molecular formula is C20H24N4O6. The highest BCUT2D eigenvalue weighted by Gasteiger charge is 2.33. The smallest absolute Gasteiger partial charge is 0.309 e. The number of hydrogen-bond acceptors (Lipinski definition) is 8. The molecule has 0 saturated carbocycles. The number of aromatic nitrogens is 2. The van der Waals surface area contributed by atoms with Gasteiger partial charge in [-0.1, -0.05) is 25.9 Å². The van der Waals surface area contributed by atoms with E-state index in [0.29, 0.717) is 31.5 Å². The molecule has 30 heavy (non-hydrogen) atoms. The molecule has 1 aliphatic heterocycles. The van der Waals surface area contributed by atoms with Gasteiger partial charge in [-0.25, -0.2) is 0 Å². The van der Waals surface area contributed by atoms with Crippen molar-refractivity contribution >= 4 is 17.6 Å². The van der Waals surface area contributed by atoms with Crippen molar-refractivity contribution in [3.8, 4) is 11.4 Å². The first kappa shape index (κ1) is 21.4. The quantitative estimate of drug-likeness (QED) is 0.413. The number of nitro groups is 1. The van der Waals surface area contributed by atoms with Crippen molar-refractivity contribution in [1.82, 2.24) is 15.0 Å². The number of piperidine rings is 1. The fourth-order valence-corrected chi connectivity index (χ4v) is 3.21. The molecule has 0 N–H and O–H groups in total. The Kier molecular flexibility index (Phi) is 6.14. The van der Waals surface area contributed by atoms with Crippen molar-refractivity contribution in [2.75, 3.05) is 13.1 Å². The van der Waals surface area contributed by atoms with E-state index in [-0.39, 0.29) is 41.8 Å². The number of carbonyl (C=O) groups is 2. The maximum atomic E-state index is 12.3. The van der Waals surface area contributed by atoms with Crippen LogP contribution in [-0.4, -0.2) is 44.9 Å². The third kappa shape index (κ3) is 5.00. The van der Waals surface area contributed by atoms with Gasteiger partial charge in [0.1, 0.15) is 0 Å². The van der Waals surface area contributed by atoms with Gasteiger partial charge in [-0.3, -0.25) is 19.7 Å². The van der Waals surface area contributed by atoms with Crippen LogP contribution < -0.4 is 0 Å². The van der Waals surface area contributed by atoms with Gasteiger partial charge in [0.25, 0.3) is 11.6 Å². The highest BCUT2D eigenvalue weighted by atomic mass is 16.6. The van der Waals surface area contributed by atoms with Crippen LogP contribution in [0.4, 0.5) is 5.69 Å². The van der Waals surface area contributed by atoms with Crippen LogP contribution in [0.2, 0.25) is 0 Å². The molecule has 1 saturated heterocycles. The first-order chi connectivity index (χ1) is 14.1. The highest BCUT2D eigenvalue weighted by Crippen LogP contribution is 2.25. The molecule has 0 unspecified atom stereocenters. The van der Waals surface area contributed by atoms with Gasteiger partial charge in [0, 0.05) is 36.2 Å². The molecule has 0 atom stereocenters. The molecule has 1 aromatic carbocycles. The number of rotatable bonds is 5. The molecule has 1 amide bonds. The van der Waals surface area contributed by atoms with Crippen molar-refractivity contribution in [2.45, 2.75) is 40.2 Å². The van der Waals surface area contributed by atoms with Crippen LogP contribution in [0.3, 0.4) is 0 Å². The van der Waals surface area contributed by atoms with Gasteiger partial charge in [-0.15, -0.1) is 0 Å². The standard InChI is InChI=1S/C20H24N4O6/c1-20(2,3)19(26)23-10-8-14(9-11-23)18(25)29-12-16-21-17(22-30-16)13-4-6-15(7-5-13)24(27)28/h4-7,14H,8-12H2,1-3H3. The van der Waals surface area contributed by atoms with E-state index in [4.69, 9.17) is 9.26 Å². The first-order valence-corrected chi connectivity index (χ1v) is 9.68. The molecule has 160 valence electrons. The van der Waals surface area contributed by atoms with Crippen molar-refractivity contribution < 1.29 is 23.8 Å². The van der Waals surface area contributed by atoms with E-state index in [1.165, 1.54) is 24.3 Å². The lowest BCUT2D eigenvalue weighted by Gasteiger charge is -2.34. The second kappa shape index (κ2) is 8.60. The zero-order chi connectivity index (χ0) is 21.9. The second-order valence-electron chi connectivity index (χ2n) is 8.24. The molecule has 10 heteroatoms. The van der Waals surface area contributed by atoms with Crippen LogP contribution in [0.5, 0.6) is 0 Å². The lowest BCUT2D eigenvalue weighted by molar-refractivity contribution is -0.384. The summed E-state index contributed by atoms with van der Waals surface area (Å²) in [5.41, 5.74) is 0.0802. The summed E-state index contributed by atoms with van der Waals surface area (Å²) in [6.45, 7) is 6.54. The lowest BCUT2D eigenvalue weighted by Crippen LogP contribution is -2.45. The SMILES string of the molecule is CC(C)(C)C(=O)N1CCC(C(=O)OCc2nc(-c3ccc([N+](=O)[O-])cc3)no2)CC1. The van der Waals surface area contributed by atoms with E-state index in [2.05, 4.69) is 10.1 Å². The number of carbonyl (C=O) groups excluding carboxylic acids is 2. The Morgan fingerprint density at radius 3 is 2.43 bits per heavy atom. The minimum Gasteiger partial charge on any atom is -0.455 e. The third-order valence-corrected chi connectivity index (χ3v) is 4.90. The Morgan fingerprint density at radius 1 is 1.23 bits per heavy atom. The van der Waals surface area contributed by atoms with Crippen molar-refractivity contribution in [2.24, 2.45) is 11.3 Å². The zero-order valence-corrected chi connectivity index (χ0v) is 17.2. The molecule has 0 radical (unpaired) electrons. The number of non-ortho nitro benzene ring substituents is 1. The number of hydrogen-bond donors (Lipinski definition) is 0. The maximum Gasteiger partial charge on any atom is 0.309 e. The lowest BCUT2D eigenvalue weighted by atomic mass is 9.91. The predicted molar refractivity (Wildman–Crippen MR) is 105 cm³/mol. The van der Waals surface area contributed by atoms with Crippen molar-refractivity contribution in [1.29, 1.82) is 0 Å². The van der Waals surface area contributed by atoms with Gasteiger partial charge in [-0.05, 0) is 25.0 Å². The minimum atomic E-state index is -0.492. The number of amides is 1. The number of nitrogens with zero attached hydrogens (tertiary/aromatic N) is 4. The largest absolute Gasteiger partial charge is 0.455 e. The molecule has 1 aromatic heterocycles. The second-order valence-corrected chi connectivity index (χ2v) is 8.24. The minimum absolute atomic E-state index is 0.0355. The summed E-state index contributed by atoms with van der Waals surface area (Å²) in [5.74, 6) is -0.153.